The highest BCUT2D eigenvalue weighted by molar-refractivity contribution is 7.99. The fraction of sp³-hybridized carbons (Fsp3) is 0.353. The number of aromatic nitrogens is 2. The summed E-state index contributed by atoms with van der Waals surface area (Å²) in [5.41, 5.74) is 1.55. The minimum atomic E-state index is -0.0683. The zero-order valence-electron chi connectivity index (χ0n) is 13.7. The van der Waals surface area contributed by atoms with Crippen molar-refractivity contribution in [1.82, 2.24) is 15.3 Å². The SMILES string of the molecule is CSc1cnc2c(c1)OC(CSc1cnc3c(c1)C(=O)NCC3)CO2. The van der Waals surface area contributed by atoms with Crippen LogP contribution >= 0.6 is 23.5 Å². The Hall–Kier alpha value is -1.93. The molecule has 2 aliphatic heterocycles. The van der Waals surface area contributed by atoms with Crippen molar-refractivity contribution in [2.45, 2.75) is 22.3 Å². The van der Waals surface area contributed by atoms with Crippen molar-refractivity contribution in [2.75, 3.05) is 25.2 Å². The highest BCUT2D eigenvalue weighted by atomic mass is 32.2. The Bertz CT molecular complexity index is 816. The van der Waals surface area contributed by atoms with E-state index in [9.17, 15) is 4.79 Å². The summed E-state index contributed by atoms with van der Waals surface area (Å²) in [5.74, 6) is 1.90. The molecule has 1 N–H and O–H groups in total. The lowest BCUT2D eigenvalue weighted by atomic mass is 10.1. The lowest BCUT2D eigenvalue weighted by Gasteiger charge is -2.25. The van der Waals surface area contributed by atoms with E-state index in [-0.39, 0.29) is 12.0 Å². The molecule has 25 heavy (non-hydrogen) atoms. The molecular weight excluding hydrogens is 358 g/mol. The number of amides is 1. The maximum atomic E-state index is 11.9. The molecule has 0 spiro atoms. The van der Waals surface area contributed by atoms with Gasteiger partial charge in [-0.1, -0.05) is 0 Å². The second kappa shape index (κ2) is 7.13. The van der Waals surface area contributed by atoms with Crippen LogP contribution in [0.4, 0.5) is 0 Å². The molecule has 2 aromatic rings. The predicted octanol–water partition coefficient (Wildman–Crippen LogP) is 2.42. The second-order valence-electron chi connectivity index (χ2n) is 5.71. The number of ether oxygens (including phenoxy) is 2. The van der Waals surface area contributed by atoms with Gasteiger partial charge in [-0.2, -0.15) is 0 Å². The first-order valence-electron chi connectivity index (χ1n) is 7.96. The van der Waals surface area contributed by atoms with Crippen LogP contribution in [0.3, 0.4) is 0 Å². The van der Waals surface area contributed by atoms with Crippen molar-refractivity contribution in [3.05, 3.63) is 35.8 Å². The summed E-state index contributed by atoms with van der Waals surface area (Å²) in [6.07, 6.45) is 6.33. The first-order valence-corrected chi connectivity index (χ1v) is 10.2. The number of fused-ring (bicyclic) bond motifs is 2. The fourth-order valence-corrected chi connectivity index (χ4v) is 3.97. The smallest absolute Gasteiger partial charge is 0.257 e. The van der Waals surface area contributed by atoms with Crippen molar-refractivity contribution >= 4 is 29.4 Å². The maximum absolute atomic E-state index is 11.9. The molecule has 1 atom stereocenters. The number of nitrogens with zero attached hydrogens (tertiary/aromatic N) is 2. The van der Waals surface area contributed by atoms with E-state index in [4.69, 9.17) is 9.47 Å². The molecule has 6 nitrogen and oxygen atoms in total. The molecule has 2 aliphatic rings. The van der Waals surface area contributed by atoms with Crippen LogP contribution in [-0.2, 0) is 6.42 Å². The van der Waals surface area contributed by atoms with Gasteiger partial charge in [0.15, 0.2) is 5.75 Å². The van der Waals surface area contributed by atoms with Gasteiger partial charge in [0.05, 0.1) is 11.3 Å². The van der Waals surface area contributed by atoms with Crippen LogP contribution in [0.2, 0.25) is 0 Å². The molecule has 0 bridgehead atoms. The van der Waals surface area contributed by atoms with Gasteiger partial charge in [0.1, 0.15) is 12.7 Å². The number of carbonyl (C=O) groups excluding carboxylic acids is 1. The van der Waals surface area contributed by atoms with E-state index >= 15 is 0 Å². The number of carbonyl (C=O) groups is 1. The Balaban J connectivity index is 1.42. The lowest BCUT2D eigenvalue weighted by Crippen LogP contribution is -2.32. The van der Waals surface area contributed by atoms with E-state index in [2.05, 4.69) is 15.3 Å². The molecule has 0 aliphatic carbocycles. The third-order valence-electron chi connectivity index (χ3n) is 4.00. The summed E-state index contributed by atoms with van der Waals surface area (Å²) < 4.78 is 11.7. The van der Waals surface area contributed by atoms with Crippen LogP contribution in [0.15, 0.2) is 34.3 Å². The van der Waals surface area contributed by atoms with Gasteiger partial charge in [-0.15, -0.1) is 23.5 Å². The van der Waals surface area contributed by atoms with Crippen LogP contribution in [0.25, 0.3) is 0 Å². The molecule has 0 fully saturated rings. The molecule has 0 radical (unpaired) electrons. The number of rotatable bonds is 4. The van der Waals surface area contributed by atoms with Gasteiger partial charge in [0, 0.05) is 47.0 Å². The summed E-state index contributed by atoms with van der Waals surface area (Å²) >= 11 is 3.23. The normalized spacial score (nSPS) is 18.4. The van der Waals surface area contributed by atoms with Gasteiger partial charge in [-0.05, 0) is 12.3 Å². The van der Waals surface area contributed by atoms with E-state index in [0.29, 0.717) is 36.1 Å². The van der Waals surface area contributed by atoms with Gasteiger partial charge in [-0.25, -0.2) is 4.98 Å². The third-order valence-corrected chi connectivity index (χ3v) is 5.79. The molecule has 130 valence electrons. The second-order valence-corrected chi connectivity index (χ2v) is 7.68. The predicted molar refractivity (Wildman–Crippen MR) is 96.9 cm³/mol. The third kappa shape index (κ3) is 3.55. The van der Waals surface area contributed by atoms with Crippen LogP contribution in [0.1, 0.15) is 16.1 Å². The van der Waals surface area contributed by atoms with Gasteiger partial charge in [-0.3, -0.25) is 9.78 Å². The van der Waals surface area contributed by atoms with Crippen LogP contribution in [0.5, 0.6) is 11.6 Å². The first kappa shape index (κ1) is 16.5. The topological polar surface area (TPSA) is 73.3 Å². The van der Waals surface area contributed by atoms with E-state index in [1.165, 1.54) is 0 Å². The monoisotopic (exact) mass is 375 g/mol. The van der Waals surface area contributed by atoms with Crippen LogP contribution in [0, 0.1) is 0 Å². The highest BCUT2D eigenvalue weighted by Gasteiger charge is 2.23. The Labute approximate surface area is 154 Å². The average molecular weight is 375 g/mol. The number of nitrogens with one attached hydrogen (secondary N) is 1. The number of hydrogen-bond donors (Lipinski definition) is 1. The largest absolute Gasteiger partial charge is 0.480 e. The van der Waals surface area contributed by atoms with Gasteiger partial charge < -0.3 is 14.8 Å². The van der Waals surface area contributed by atoms with E-state index in [0.717, 1.165) is 21.9 Å². The quantitative estimate of drug-likeness (QED) is 0.823. The lowest BCUT2D eigenvalue weighted by molar-refractivity contribution is 0.0944. The number of pyridine rings is 2. The van der Waals surface area contributed by atoms with Gasteiger partial charge in [0.25, 0.3) is 11.8 Å². The summed E-state index contributed by atoms with van der Waals surface area (Å²) in [4.78, 5) is 22.6. The Kier molecular flexibility index (Phi) is 4.72. The zero-order chi connectivity index (χ0) is 17.2. The maximum Gasteiger partial charge on any atom is 0.257 e. The van der Waals surface area contributed by atoms with Crippen molar-refractivity contribution in [3.63, 3.8) is 0 Å². The van der Waals surface area contributed by atoms with Crippen molar-refractivity contribution in [3.8, 4) is 11.6 Å². The van der Waals surface area contributed by atoms with Gasteiger partial charge in [0.2, 0.25) is 0 Å². The summed E-state index contributed by atoms with van der Waals surface area (Å²) in [6.45, 7) is 1.12. The number of thioether (sulfide) groups is 2. The van der Waals surface area contributed by atoms with E-state index in [1.807, 2.05) is 24.6 Å². The Morgan fingerprint density at radius 2 is 2.16 bits per heavy atom. The summed E-state index contributed by atoms with van der Waals surface area (Å²) in [7, 11) is 0. The number of hydrogen-bond acceptors (Lipinski definition) is 7. The molecule has 0 saturated carbocycles. The van der Waals surface area contributed by atoms with E-state index in [1.54, 1.807) is 29.7 Å². The highest BCUT2D eigenvalue weighted by Crippen LogP contribution is 2.34. The molecule has 2 aromatic heterocycles. The van der Waals surface area contributed by atoms with Gasteiger partial charge >= 0.3 is 0 Å². The molecule has 8 heteroatoms. The summed E-state index contributed by atoms with van der Waals surface area (Å²) in [6, 6.07) is 3.86. The van der Waals surface area contributed by atoms with Crippen LogP contribution < -0.4 is 14.8 Å². The average Bonchev–Trinajstić information content (AvgIpc) is 2.66. The molecule has 4 rings (SSSR count). The molecule has 1 amide bonds. The van der Waals surface area contributed by atoms with Crippen molar-refractivity contribution in [1.29, 1.82) is 0 Å². The Morgan fingerprint density at radius 1 is 1.28 bits per heavy atom. The van der Waals surface area contributed by atoms with E-state index < -0.39 is 0 Å². The zero-order valence-corrected chi connectivity index (χ0v) is 15.3. The minimum absolute atomic E-state index is 0.0435. The molecule has 0 saturated heterocycles. The van der Waals surface area contributed by atoms with Crippen molar-refractivity contribution in [2.24, 2.45) is 0 Å². The molecule has 4 heterocycles. The van der Waals surface area contributed by atoms with Crippen LogP contribution in [-0.4, -0.2) is 47.1 Å². The molecule has 0 aromatic carbocycles. The first-order chi connectivity index (χ1) is 12.2. The fourth-order valence-electron chi connectivity index (χ4n) is 2.71. The standard InChI is InChI=1S/C17H17N3O3S2/c1-24-11-5-15-17(20-6-11)22-8-10(23-15)9-25-12-4-13-14(19-7-12)2-3-18-16(13)21/h4-7,10H,2-3,8-9H2,1H3,(H,18,21). The Morgan fingerprint density at radius 3 is 3.04 bits per heavy atom. The molecular formula is C17H17N3O3S2. The molecule has 1 unspecified atom stereocenters. The van der Waals surface area contributed by atoms with Crippen molar-refractivity contribution < 1.29 is 14.3 Å². The minimum Gasteiger partial charge on any atom is -0.480 e. The summed E-state index contributed by atoms with van der Waals surface area (Å²) in [5, 5.41) is 2.85.